The van der Waals surface area contributed by atoms with Crippen LogP contribution in [0.15, 0.2) is 36.4 Å². The van der Waals surface area contributed by atoms with E-state index in [9.17, 15) is 4.79 Å². The highest BCUT2D eigenvalue weighted by Gasteiger charge is 2.11. The molecule has 4 heteroatoms. The van der Waals surface area contributed by atoms with Crippen molar-refractivity contribution in [3.63, 3.8) is 0 Å². The van der Waals surface area contributed by atoms with E-state index in [4.69, 9.17) is 15.1 Å². The van der Waals surface area contributed by atoms with Crippen LogP contribution in [0.25, 0.3) is 0 Å². The first-order chi connectivity index (χ1) is 10.0. The van der Waals surface area contributed by atoms with Gasteiger partial charge in [0.25, 0.3) is 0 Å². The summed E-state index contributed by atoms with van der Waals surface area (Å²) >= 11 is 0. The lowest BCUT2D eigenvalue weighted by Crippen LogP contribution is -2.06. The van der Waals surface area contributed by atoms with Crippen LogP contribution in [-0.2, 0) is 6.61 Å². The molecule has 0 unspecified atom stereocenters. The normalized spacial score (nSPS) is 9.95. The predicted octanol–water partition coefficient (Wildman–Crippen LogP) is 3.45. The maximum absolute atomic E-state index is 11.2. The molecule has 0 saturated heterocycles. The Labute approximate surface area is 123 Å². The first kappa shape index (κ1) is 14.6. The van der Waals surface area contributed by atoms with Gasteiger partial charge in [0, 0.05) is 5.56 Å². The van der Waals surface area contributed by atoms with Gasteiger partial charge < -0.3 is 9.84 Å². The Hall–Kier alpha value is -2.80. The highest BCUT2D eigenvalue weighted by atomic mass is 16.5. The van der Waals surface area contributed by atoms with E-state index in [1.54, 1.807) is 36.4 Å². The molecular weight excluding hydrogens is 266 g/mol. The van der Waals surface area contributed by atoms with E-state index < -0.39 is 5.97 Å². The maximum atomic E-state index is 11.2. The van der Waals surface area contributed by atoms with Crippen LogP contribution >= 0.6 is 0 Å². The van der Waals surface area contributed by atoms with Crippen molar-refractivity contribution in [3.05, 3.63) is 64.2 Å². The molecule has 0 aliphatic heterocycles. The number of hydrogen-bond donors (Lipinski definition) is 1. The standard InChI is InChI=1S/C17H15NO3/c1-11-7-13(9-18)8-12(2)16(11)21-10-14-5-3-4-6-15(14)17(19)20/h3-8H,10H2,1-2H3,(H,19,20). The Kier molecular flexibility index (Phi) is 4.24. The highest BCUT2D eigenvalue weighted by molar-refractivity contribution is 5.89. The van der Waals surface area contributed by atoms with Crippen molar-refractivity contribution in [2.24, 2.45) is 0 Å². The van der Waals surface area contributed by atoms with Crippen LogP contribution in [0.2, 0.25) is 0 Å². The van der Waals surface area contributed by atoms with E-state index in [2.05, 4.69) is 6.07 Å². The molecule has 2 rings (SSSR count). The summed E-state index contributed by atoms with van der Waals surface area (Å²) in [5, 5.41) is 18.1. The molecule has 2 aromatic carbocycles. The van der Waals surface area contributed by atoms with E-state index in [1.165, 1.54) is 0 Å². The smallest absolute Gasteiger partial charge is 0.336 e. The zero-order valence-electron chi connectivity index (χ0n) is 11.9. The highest BCUT2D eigenvalue weighted by Crippen LogP contribution is 2.26. The van der Waals surface area contributed by atoms with Crippen molar-refractivity contribution in [1.82, 2.24) is 0 Å². The van der Waals surface area contributed by atoms with Crippen molar-refractivity contribution in [1.29, 1.82) is 5.26 Å². The summed E-state index contributed by atoms with van der Waals surface area (Å²) in [5.41, 5.74) is 3.16. The monoisotopic (exact) mass is 281 g/mol. The second kappa shape index (κ2) is 6.10. The van der Waals surface area contributed by atoms with Crippen molar-refractivity contribution in [3.8, 4) is 11.8 Å². The van der Waals surface area contributed by atoms with Crippen LogP contribution in [-0.4, -0.2) is 11.1 Å². The Morgan fingerprint density at radius 1 is 1.24 bits per heavy atom. The van der Waals surface area contributed by atoms with Crippen molar-refractivity contribution in [2.75, 3.05) is 0 Å². The fourth-order valence-corrected chi connectivity index (χ4v) is 2.25. The number of carboxylic acids is 1. The number of carboxylic acid groups (broad SMARTS) is 1. The average Bonchev–Trinajstić information content (AvgIpc) is 2.46. The number of aryl methyl sites for hydroxylation is 2. The first-order valence-electron chi connectivity index (χ1n) is 6.48. The molecule has 21 heavy (non-hydrogen) atoms. The molecule has 106 valence electrons. The van der Waals surface area contributed by atoms with Crippen LogP contribution in [0.3, 0.4) is 0 Å². The Morgan fingerprint density at radius 2 is 1.86 bits per heavy atom. The molecule has 0 aromatic heterocycles. The second-order valence-corrected chi connectivity index (χ2v) is 4.80. The minimum Gasteiger partial charge on any atom is -0.488 e. The van der Waals surface area contributed by atoms with Crippen LogP contribution in [0.5, 0.6) is 5.75 Å². The lowest BCUT2D eigenvalue weighted by molar-refractivity contribution is 0.0694. The predicted molar refractivity (Wildman–Crippen MR) is 78.4 cm³/mol. The van der Waals surface area contributed by atoms with E-state index >= 15 is 0 Å². The van der Waals surface area contributed by atoms with Crippen molar-refractivity contribution < 1.29 is 14.6 Å². The average molecular weight is 281 g/mol. The van der Waals surface area contributed by atoms with Gasteiger partial charge in [-0.15, -0.1) is 0 Å². The van der Waals surface area contributed by atoms with Gasteiger partial charge in [-0.25, -0.2) is 4.79 Å². The molecule has 0 spiro atoms. The summed E-state index contributed by atoms with van der Waals surface area (Å²) in [7, 11) is 0. The molecule has 0 aliphatic rings. The Morgan fingerprint density at radius 3 is 2.43 bits per heavy atom. The lowest BCUT2D eigenvalue weighted by atomic mass is 10.1. The van der Waals surface area contributed by atoms with E-state index in [-0.39, 0.29) is 12.2 Å². The summed E-state index contributed by atoms with van der Waals surface area (Å²) in [6.45, 7) is 3.91. The Balaban J connectivity index is 2.26. The fourth-order valence-electron chi connectivity index (χ4n) is 2.25. The summed E-state index contributed by atoms with van der Waals surface area (Å²) in [6.07, 6.45) is 0. The number of nitriles is 1. The number of rotatable bonds is 4. The topological polar surface area (TPSA) is 70.3 Å². The lowest BCUT2D eigenvalue weighted by Gasteiger charge is -2.13. The van der Waals surface area contributed by atoms with Crippen LogP contribution in [0, 0.1) is 25.2 Å². The quantitative estimate of drug-likeness (QED) is 0.931. The van der Waals surface area contributed by atoms with Crippen molar-refractivity contribution >= 4 is 5.97 Å². The molecule has 1 N–H and O–H groups in total. The molecule has 0 fully saturated rings. The SMILES string of the molecule is Cc1cc(C#N)cc(C)c1OCc1ccccc1C(=O)O. The maximum Gasteiger partial charge on any atom is 0.336 e. The number of nitrogens with zero attached hydrogens (tertiary/aromatic N) is 1. The molecule has 0 saturated carbocycles. The van der Waals surface area contributed by atoms with E-state index in [0.717, 1.165) is 11.1 Å². The third-order valence-electron chi connectivity index (χ3n) is 3.21. The van der Waals surface area contributed by atoms with Gasteiger partial charge in [-0.1, -0.05) is 18.2 Å². The minimum absolute atomic E-state index is 0.177. The zero-order chi connectivity index (χ0) is 15.4. The van der Waals surface area contributed by atoms with Gasteiger partial charge in [0.1, 0.15) is 12.4 Å². The number of ether oxygens (including phenoxy) is 1. The molecule has 0 radical (unpaired) electrons. The third kappa shape index (κ3) is 3.21. The largest absolute Gasteiger partial charge is 0.488 e. The summed E-state index contributed by atoms with van der Waals surface area (Å²) in [6, 6.07) is 12.4. The fraction of sp³-hybridized carbons (Fsp3) is 0.176. The molecule has 0 aliphatic carbocycles. The zero-order valence-corrected chi connectivity index (χ0v) is 11.9. The minimum atomic E-state index is -0.970. The van der Waals surface area contributed by atoms with E-state index in [1.807, 2.05) is 13.8 Å². The van der Waals surface area contributed by atoms with Crippen LogP contribution in [0.1, 0.15) is 32.6 Å². The third-order valence-corrected chi connectivity index (χ3v) is 3.21. The molecule has 0 heterocycles. The van der Waals surface area contributed by atoms with Gasteiger partial charge in [0.05, 0.1) is 17.2 Å². The molecular formula is C17H15NO3. The number of aromatic carboxylic acids is 1. The summed E-state index contributed by atoms with van der Waals surface area (Å²) in [5.74, 6) is -0.281. The number of hydrogen-bond acceptors (Lipinski definition) is 3. The summed E-state index contributed by atoms with van der Waals surface area (Å²) in [4.78, 5) is 11.2. The molecule has 2 aromatic rings. The van der Waals surface area contributed by atoms with Crippen LogP contribution < -0.4 is 4.74 Å². The van der Waals surface area contributed by atoms with Gasteiger partial charge in [-0.3, -0.25) is 0 Å². The van der Waals surface area contributed by atoms with E-state index in [0.29, 0.717) is 16.9 Å². The molecule has 0 amide bonds. The first-order valence-corrected chi connectivity index (χ1v) is 6.48. The summed E-state index contributed by atoms with van der Waals surface area (Å²) < 4.78 is 5.77. The second-order valence-electron chi connectivity index (χ2n) is 4.80. The molecule has 0 atom stereocenters. The van der Waals surface area contributed by atoms with Crippen LogP contribution in [0.4, 0.5) is 0 Å². The van der Waals surface area contributed by atoms with Gasteiger partial charge in [-0.2, -0.15) is 5.26 Å². The van der Waals surface area contributed by atoms with Crippen molar-refractivity contribution in [2.45, 2.75) is 20.5 Å². The van der Waals surface area contributed by atoms with Gasteiger partial charge in [-0.05, 0) is 43.2 Å². The molecule has 0 bridgehead atoms. The molecule has 4 nitrogen and oxygen atoms in total. The Bertz CT molecular complexity index is 706. The number of benzene rings is 2. The van der Waals surface area contributed by atoms with Gasteiger partial charge in [0.2, 0.25) is 0 Å². The van der Waals surface area contributed by atoms with Gasteiger partial charge >= 0.3 is 5.97 Å². The number of carbonyl (C=O) groups is 1. The van der Waals surface area contributed by atoms with Gasteiger partial charge in [0.15, 0.2) is 0 Å².